The molecular formula is C28H27ClN4O4. The van der Waals surface area contributed by atoms with E-state index in [0.717, 1.165) is 35.1 Å². The minimum atomic E-state index is -0.803. The average Bonchev–Trinajstić information content (AvgIpc) is 3.56. The topological polar surface area (TPSA) is 110 Å². The summed E-state index contributed by atoms with van der Waals surface area (Å²) >= 11 is 6.48. The number of carbonyl (C=O) groups is 1. The summed E-state index contributed by atoms with van der Waals surface area (Å²) in [6, 6.07) is 15.7. The van der Waals surface area contributed by atoms with Crippen molar-refractivity contribution < 1.29 is 19.2 Å². The molecule has 1 aliphatic carbocycles. The van der Waals surface area contributed by atoms with Gasteiger partial charge in [0, 0.05) is 30.5 Å². The molecule has 8 nitrogen and oxygen atoms in total. The Morgan fingerprint density at radius 3 is 2.76 bits per heavy atom. The van der Waals surface area contributed by atoms with Gasteiger partial charge in [-0.05, 0) is 60.2 Å². The highest BCUT2D eigenvalue weighted by molar-refractivity contribution is 6.33. The molecule has 2 aromatic heterocycles. The Kier molecular flexibility index (Phi) is 7.21. The lowest BCUT2D eigenvalue weighted by Crippen LogP contribution is -2.30. The molecule has 1 saturated carbocycles. The predicted octanol–water partition coefficient (Wildman–Crippen LogP) is 6.24. The number of aryl methyl sites for hydroxylation is 1. The molecule has 0 radical (unpaired) electrons. The van der Waals surface area contributed by atoms with E-state index in [1.54, 1.807) is 19.4 Å². The number of rotatable bonds is 8. The third-order valence-corrected chi connectivity index (χ3v) is 7.06. The summed E-state index contributed by atoms with van der Waals surface area (Å²) in [4.78, 5) is 20.5. The van der Waals surface area contributed by atoms with Crippen LogP contribution in [-0.2, 0) is 16.1 Å². The van der Waals surface area contributed by atoms with E-state index < -0.39 is 11.9 Å². The molecule has 1 fully saturated rings. The Bertz CT molecular complexity index is 1440. The number of carboxylic acid groups (broad SMARTS) is 1. The van der Waals surface area contributed by atoms with Crippen LogP contribution in [0.4, 0.5) is 5.82 Å². The van der Waals surface area contributed by atoms with Crippen LogP contribution in [0.25, 0.3) is 34.0 Å². The van der Waals surface area contributed by atoms with Gasteiger partial charge in [-0.15, -0.1) is 0 Å². The number of nitrogens with one attached hydrogen (secondary N) is 1. The quantitative estimate of drug-likeness (QED) is 0.282. The molecule has 0 amide bonds. The van der Waals surface area contributed by atoms with Crippen LogP contribution in [0.5, 0.6) is 0 Å². The van der Waals surface area contributed by atoms with E-state index in [-0.39, 0.29) is 6.04 Å². The summed E-state index contributed by atoms with van der Waals surface area (Å²) in [6.07, 6.45) is 3.87. The Morgan fingerprint density at radius 1 is 1.16 bits per heavy atom. The summed E-state index contributed by atoms with van der Waals surface area (Å²) in [5, 5.41) is 17.1. The number of ether oxygens (including phenoxy) is 1. The maximum atomic E-state index is 11.5. The third kappa shape index (κ3) is 5.21. The molecule has 2 N–H and O–H groups in total. The summed E-state index contributed by atoms with van der Waals surface area (Å²) in [5.74, 6) is -0.0720. The Labute approximate surface area is 219 Å². The first kappa shape index (κ1) is 24.9. The monoisotopic (exact) mass is 518 g/mol. The number of pyridine rings is 1. The number of nitrogens with zero attached hydrogens (tertiary/aromatic N) is 3. The fourth-order valence-electron chi connectivity index (χ4n) is 4.87. The molecular weight excluding hydrogens is 492 g/mol. The van der Waals surface area contributed by atoms with E-state index in [4.69, 9.17) is 20.9 Å². The highest BCUT2D eigenvalue weighted by atomic mass is 35.5. The van der Waals surface area contributed by atoms with Crippen LogP contribution in [0.15, 0.2) is 59.3 Å². The molecule has 37 heavy (non-hydrogen) atoms. The minimum Gasteiger partial charge on any atom is -0.481 e. The van der Waals surface area contributed by atoms with Crippen molar-refractivity contribution in [1.82, 2.24) is 15.1 Å². The second-order valence-corrected chi connectivity index (χ2v) is 9.63. The number of methoxy groups -OCH3 is 1. The van der Waals surface area contributed by atoms with Gasteiger partial charge >= 0.3 is 5.97 Å². The fourth-order valence-corrected chi connectivity index (χ4v) is 5.09. The molecule has 2 atom stereocenters. The zero-order valence-electron chi connectivity index (χ0n) is 20.6. The fraction of sp³-hybridized carbons (Fsp3) is 0.286. The smallest absolute Gasteiger partial charge is 0.308 e. The number of hydrogen-bond acceptors (Lipinski definition) is 7. The van der Waals surface area contributed by atoms with Crippen LogP contribution in [-0.4, -0.2) is 39.4 Å². The molecule has 0 aliphatic heterocycles. The predicted molar refractivity (Wildman–Crippen MR) is 141 cm³/mol. The first-order valence-electron chi connectivity index (χ1n) is 12.1. The number of carboxylic acids is 1. The standard InChI is InChI=1S/C28H27ClN4O4/c1-16-6-3-4-7-20(16)21-11-10-17(12-19(21)15-36-2)27-32-25(33-37-27)18-13-23(29)26(30-14-18)31-24-9-5-8-22(24)28(34)35/h3-4,6-7,10-14,22,24H,5,8-9,15H2,1-2H3,(H,30,31)(H,34,35)/t22-,24+/m0/s1. The molecule has 4 aromatic rings. The molecule has 190 valence electrons. The van der Waals surface area contributed by atoms with Gasteiger partial charge in [-0.25, -0.2) is 4.98 Å². The molecule has 0 saturated heterocycles. The van der Waals surface area contributed by atoms with Gasteiger partial charge in [-0.3, -0.25) is 4.79 Å². The van der Waals surface area contributed by atoms with Gasteiger partial charge in [0.25, 0.3) is 5.89 Å². The highest BCUT2D eigenvalue weighted by Gasteiger charge is 2.33. The van der Waals surface area contributed by atoms with Crippen molar-refractivity contribution in [2.24, 2.45) is 5.92 Å². The van der Waals surface area contributed by atoms with Crippen LogP contribution in [0.2, 0.25) is 5.02 Å². The van der Waals surface area contributed by atoms with Gasteiger partial charge in [0.05, 0.1) is 17.5 Å². The number of halogens is 1. The maximum Gasteiger partial charge on any atom is 0.308 e. The second kappa shape index (κ2) is 10.7. The van der Waals surface area contributed by atoms with Crippen LogP contribution >= 0.6 is 11.6 Å². The van der Waals surface area contributed by atoms with Gasteiger partial charge < -0.3 is 19.7 Å². The van der Waals surface area contributed by atoms with E-state index in [1.807, 2.05) is 30.3 Å². The summed E-state index contributed by atoms with van der Waals surface area (Å²) < 4.78 is 11.0. The van der Waals surface area contributed by atoms with E-state index in [0.29, 0.717) is 41.1 Å². The first-order valence-corrected chi connectivity index (χ1v) is 12.5. The zero-order valence-corrected chi connectivity index (χ0v) is 21.3. The normalized spacial score (nSPS) is 17.2. The average molecular weight is 519 g/mol. The lowest BCUT2D eigenvalue weighted by atomic mass is 9.94. The Morgan fingerprint density at radius 2 is 2.00 bits per heavy atom. The van der Waals surface area contributed by atoms with Crippen molar-refractivity contribution >= 4 is 23.4 Å². The molecule has 0 unspecified atom stereocenters. The van der Waals surface area contributed by atoms with Crippen LogP contribution in [0, 0.1) is 12.8 Å². The van der Waals surface area contributed by atoms with Crippen molar-refractivity contribution in [3.63, 3.8) is 0 Å². The van der Waals surface area contributed by atoms with Gasteiger partial charge in [0.15, 0.2) is 0 Å². The highest BCUT2D eigenvalue weighted by Crippen LogP contribution is 2.34. The number of hydrogen-bond donors (Lipinski definition) is 2. The van der Waals surface area contributed by atoms with Crippen molar-refractivity contribution in [3.8, 4) is 34.0 Å². The van der Waals surface area contributed by atoms with Crippen molar-refractivity contribution in [3.05, 3.63) is 70.9 Å². The lowest BCUT2D eigenvalue weighted by molar-refractivity contribution is -0.141. The SMILES string of the molecule is COCc1cc(-c2nc(-c3cnc(N[C@@H]4CCC[C@@H]4C(=O)O)c(Cl)c3)no2)ccc1-c1ccccc1C. The van der Waals surface area contributed by atoms with E-state index >= 15 is 0 Å². The van der Waals surface area contributed by atoms with Crippen LogP contribution in [0.1, 0.15) is 30.4 Å². The number of aromatic nitrogens is 3. The third-order valence-electron chi connectivity index (χ3n) is 6.77. The molecule has 2 heterocycles. The van der Waals surface area contributed by atoms with E-state index in [1.165, 1.54) is 5.56 Å². The summed E-state index contributed by atoms with van der Waals surface area (Å²) in [7, 11) is 1.67. The Balaban J connectivity index is 1.39. The number of aliphatic carboxylic acids is 1. The molecule has 0 bridgehead atoms. The van der Waals surface area contributed by atoms with Gasteiger partial charge in [-0.1, -0.05) is 53.5 Å². The van der Waals surface area contributed by atoms with Gasteiger partial charge in [0.2, 0.25) is 5.82 Å². The Hall–Kier alpha value is -3.75. The van der Waals surface area contributed by atoms with Crippen LogP contribution in [0.3, 0.4) is 0 Å². The lowest BCUT2D eigenvalue weighted by Gasteiger charge is -2.19. The zero-order chi connectivity index (χ0) is 25.9. The summed E-state index contributed by atoms with van der Waals surface area (Å²) in [5.41, 5.74) is 5.81. The minimum absolute atomic E-state index is 0.200. The molecule has 5 rings (SSSR count). The largest absolute Gasteiger partial charge is 0.481 e. The summed E-state index contributed by atoms with van der Waals surface area (Å²) in [6.45, 7) is 2.53. The molecule has 1 aliphatic rings. The molecule has 2 aromatic carbocycles. The first-order chi connectivity index (χ1) is 17.9. The molecule has 9 heteroatoms. The van der Waals surface area contributed by atoms with Crippen molar-refractivity contribution in [1.29, 1.82) is 0 Å². The van der Waals surface area contributed by atoms with E-state index in [9.17, 15) is 9.90 Å². The van der Waals surface area contributed by atoms with Crippen LogP contribution < -0.4 is 5.32 Å². The second-order valence-electron chi connectivity index (χ2n) is 9.22. The number of benzene rings is 2. The van der Waals surface area contributed by atoms with Crippen molar-refractivity contribution in [2.45, 2.75) is 38.8 Å². The van der Waals surface area contributed by atoms with Crippen molar-refractivity contribution in [2.75, 3.05) is 12.4 Å². The van der Waals surface area contributed by atoms with E-state index in [2.05, 4.69) is 39.5 Å². The maximum absolute atomic E-state index is 11.5. The number of anilines is 1. The van der Waals surface area contributed by atoms with Gasteiger partial charge in [-0.2, -0.15) is 4.98 Å². The molecule has 0 spiro atoms. The van der Waals surface area contributed by atoms with Gasteiger partial charge in [0.1, 0.15) is 5.82 Å².